The molecule has 16 heavy (non-hydrogen) atoms. The van der Waals surface area contributed by atoms with E-state index in [1.54, 1.807) is 6.20 Å². The second-order valence-corrected chi connectivity index (χ2v) is 4.45. The first kappa shape index (κ1) is 13.2. The first-order valence-corrected chi connectivity index (χ1v) is 6.28. The minimum absolute atomic E-state index is 0.167. The fourth-order valence-corrected chi connectivity index (χ4v) is 2.04. The number of rotatable bonds is 6. The molecule has 1 N–H and O–H groups in total. The van der Waals surface area contributed by atoms with Crippen LogP contribution in [-0.2, 0) is 0 Å². The van der Waals surface area contributed by atoms with Crippen molar-refractivity contribution in [1.82, 2.24) is 9.97 Å². The van der Waals surface area contributed by atoms with Gasteiger partial charge >= 0.3 is 0 Å². The molecule has 0 spiro atoms. The van der Waals surface area contributed by atoms with Gasteiger partial charge in [0, 0.05) is 24.0 Å². The summed E-state index contributed by atoms with van der Waals surface area (Å²) in [5, 5.41) is 3.34. The smallest absolute Gasteiger partial charge is 0.129 e. The van der Waals surface area contributed by atoms with Gasteiger partial charge in [-0.25, -0.2) is 9.97 Å². The first-order valence-electron chi connectivity index (χ1n) is 5.75. The standard InChI is InChI=1S/C12H20ClN3/c1-4-12(5-2,8-13)9-15-11-6-7-14-10(3)16-11/h6-7H,4-5,8-9H2,1-3H3,(H,14,15,16). The third-order valence-corrected chi connectivity index (χ3v) is 3.77. The summed E-state index contributed by atoms with van der Waals surface area (Å²) < 4.78 is 0. The van der Waals surface area contributed by atoms with Crippen molar-refractivity contribution in [3.63, 3.8) is 0 Å². The molecule has 0 radical (unpaired) electrons. The van der Waals surface area contributed by atoms with Gasteiger partial charge in [0.05, 0.1) is 0 Å². The zero-order valence-electron chi connectivity index (χ0n) is 10.3. The van der Waals surface area contributed by atoms with Gasteiger partial charge < -0.3 is 5.32 Å². The number of nitrogens with one attached hydrogen (secondary N) is 1. The fraction of sp³-hybridized carbons (Fsp3) is 0.667. The van der Waals surface area contributed by atoms with Crippen molar-refractivity contribution in [1.29, 1.82) is 0 Å². The summed E-state index contributed by atoms with van der Waals surface area (Å²) in [5.41, 5.74) is 0.167. The largest absolute Gasteiger partial charge is 0.369 e. The van der Waals surface area contributed by atoms with E-state index < -0.39 is 0 Å². The number of hydrogen-bond donors (Lipinski definition) is 1. The molecule has 90 valence electrons. The highest BCUT2D eigenvalue weighted by Crippen LogP contribution is 2.28. The van der Waals surface area contributed by atoms with Crippen LogP contribution in [0.4, 0.5) is 5.82 Å². The van der Waals surface area contributed by atoms with E-state index in [0.717, 1.165) is 31.0 Å². The zero-order chi connectivity index (χ0) is 12.0. The molecule has 3 nitrogen and oxygen atoms in total. The molecule has 1 aromatic rings. The summed E-state index contributed by atoms with van der Waals surface area (Å²) in [6, 6.07) is 1.89. The van der Waals surface area contributed by atoms with Crippen molar-refractivity contribution >= 4 is 17.4 Å². The van der Waals surface area contributed by atoms with Crippen LogP contribution < -0.4 is 5.32 Å². The molecule has 0 fully saturated rings. The molecule has 0 aliphatic rings. The molecule has 0 aliphatic heterocycles. The summed E-state index contributed by atoms with van der Waals surface area (Å²) in [5.74, 6) is 2.34. The SMILES string of the molecule is CCC(CC)(CCl)CNc1ccnc(C)n1. The highest BCUT2D eigenvalue weighted by molar-refractivity contribution is 6.18. The normalized spacial score (nSPS) is 11.5. The average molecular weight is 242 g/mol. The van der Waals surface area contributed by atoms with E-state index in [0.29, 0.717) is 5.88 Å². The maximum absolute atomic E-state index is 6.05. The minimum atomic E-state index is 0.167. The summed E-state index contributed by atoms with van der Waals surface area (Å²) in [6.45, 7) is 7.11. The number of hydrogen-bond acceptors (Lipinski definition) is 3. The van der Waals surface area contributed by atoms with E-state index in [-0.39, 0.29) is 5.41 Å². The van der Waals surface area contributed by atoms with Crippen molar-refractivity contribution < 1.29 is 0 Å². The second kappa shape index (κ2) is 6.04. The Hall–Kier alpha value is -0.830. The number of aromatic nitrogens is 2. The van der Waals surface area contributed by atoms with E-state index >= 15 is 0 Å². The quantitative estimate of drug-likeness (QED) is 0.777. The third-order valence-electron chi connectivity index (χ3n) is 3.20. The van der Waals surface area contributed by atoms with Gasteiger partial charge in [-0.1, -0.05) is 13.8 Å². The lowest BCUT2D eigenvalue weighted by Gasteiger charge is -2.29. The van der Waals surface area contributed by atoms with E-state index in [4.69, 9.17) is 11.6 Å². The third kappa shape index (κ3) is 3.34. The van der Waals surface area contributed by atoms with Crippen molar-refractivity contribution in [2.24, 2.45) is 5.41 Å². The van der Waals surface area contributed by atoms with Crippen LogP contribution in [0.5, 0.6) is 0 Å². The zero-order valence-corrected chi connectivity index (χ0v) is 11.0. The number of anilines is 1. The Kier molecular flexibility index (Phi) is 5.00. The summed E-state index contributed by atoms with van der Waals surface area (Å²) in [7, 11) is 0. The molecule has 0 unspecified atom stereocenters. The van der Waals surface area contributed by atoms with Crippen LogP contribution in [0, 0.1) is 12.3 Å². The van der Waals surface area contributed by atoms with Crippen LogP contribution >= 0.6 is 11.6 Å². The van der Waals surface area contributed by atoms with Gasteiger partial charge in [0.25, 0.3) is 0 Å². The number of aryl methyl sites for hydroxylation is 1. The number of halogens is 1. The molecule has 4 heteroatoms. The van der Waals surface area contributed by atoms with E-state index in [1.165, 1.54) is 0 Å². The average Bonchev–Trinajstić information content (AvgIpc) is 2.32. The maximum atomic E-state index is 6.05. The summed E-state index contributed by atoms with van der Waals surface area (Å²) >= 11 is 6.05. The molecule has 0 aromatic carbocycles. The van der Waals surface area contributed by atoms with Gasteiger partial charge in [0.15, 0.2) is 0 Å². The number of nitrogens with zero attached hydrogens (tertiary/aromatic N) is 2. The summed E-state index contributed by atoms with van der Waals surface area (Å²) in [4.78, 5) is 8.38. The predicted molar refractivity (Wildman–Crippen MR) is 69.0 cm³/mol. The topological polar surface area (TPSA) is 37.8 Å². The molecule has 0 aliphatic carbocycles. The lowest BCUT2D eigenvalue weighted by atomic mass is 9.84. The van der Waals surface area contributed by atoms with Crippen LogP contribution in [0.3, 0.4) is 0 Å². The van der Waals surface area contributed by atoms with Gasteiger partial charge in [0.2, 0.25) is 0 Å². The Bertz CT molecular complexity index is 316. The molecule has 0 amide bonds. The lowest BCUT2D eigenvalue weighted by molar-refractivity contribution is 0.326. The Balaban J connectivity index is 2.62. The monoisotopic (exact) mass is 241 g/mol. The van der Waals surface area contributed by atoms with Crippen molar-refractivity contribution in [2.45, 2.75) is 33.6 Å². The van der Waals surface area contributed by atoms with Crippen molar-refractivity contribution in [2.75, 3.05) is 17.7 Å². The second-order valence-electron chi connectivity index (χ2n) is 4.18. The Morgan fingerprint density at radius 1 is 1.38 bits per heavy atom. The first-order chi connectivity index (χ1) is 7.65. The van der Waals surface area contributed by atoms with E-state index in [1.807, 2.05) is 13.0 Å². The van der Waals surface area contributed by atoms with Crippen molar-refractivity contribution in [3.05, 3.63) is 18.1 Å². The van der Waals surface area contributed by atoms with Crippen LogP contribution in [0.1, 0.15) is 32.5 Å². The van der Waals surface area contributed by atoms with E-state index in [9.17, 15) is 0 Å². The lowest BCUT2D eigenvalue weighted by Crippen LogP contribution is -2.30. The Morgan fingerprint density at radius 2 is 2.06 bits per heavy atom. The van der Waals surface area contributed by atoms with Crippen molar-refractivity contribution in [3.8, 4) is 0 Å². The highest BCUT2D eigenvalue weighted by atomic mass is 35.5. The van der Waals surface area contributed by atoms with Gasteiger partial charge in [0.1, 0.15) is 11.6 Å². The van der Waals surface area contributed by atoms with Gasteiger partial charge in [-0.2, -0.15) is 0 Å². The molecule has 1 aromatic heterocycles. The molecular weight excluding hydrogens is 222 g/mol. The predicted octanol–water partition coefficient (Wildman–Crippen LogP) is 3.24. The number of alkyl halides is 1. The molecule has 1 heterocycles. The van der Waals surface area contributed by atoms with E-state index in [2.05, 4.69) is 29.1 Å². The minimum Gasteiger partial charge on any atom is -0.369 e. The van der Waals surface area contributed by atoms with Crippen LogP contribution in [0.15, 0.2) is 12.3 Å². The molecular formula is C12H20ClN3. The molecule has 0 atom stereocenters. The highest BCUT2D eigenvalue weighted by Gasteiger charge is 2.24. The van der Waals surface area contributed by atoms with Crippen LogP contribution in [-0.4, -0.2) is 22.4 Å². The van der Waals surface area contributed by atoms with Crippen LogP contribution in [0.2, 0.25) is 0 Å². The molecule has 0 bridgehead atoms. The molecule has 0 saturated heterocycles. The fourth-order valence-electron chi connectivity index (χ4n) is 1.57. The Morgan fingerprint density at radius 3 is 2.56 bits per heavy atom. The summed E-state index contributed by atoms with van der Waals surface area (Å²) in [6.07, 6.45) is 3.92. The van der Waals surface area contributed by atoms with Crippen LogP contribution in [0.25, 0.3) is 0 Å². The van der Waals surface area contributed by atoms with Gasteiger partial charge in [-0.15, -0.1) is 11.6 Å². The molecule has 0 saturated carbocycles. The maximum Gasteiger partial charge on any atom is 0.129 e. The van der Waals surface area contributed by atoms with Gasteiger partial charge in [-0.3, -0.25) is 0 Å². The molecule has 1 rings (SSSR count). The Labute approximate surface area is 103 Å². The van der Waals surface area contributed by atoms with Gasteiger partial charge in [-0.05, 0) is 25.8 Å².